The average molecular weight is 308 g/mol. The number of anilines is 1. The third-order valence-electron chi connectivity index (χ3n) is 2.80. The Kier molecular flexibility index (Phi) is 5.08. The Morgan fingerprint density at radius 2 is 2.10 bits per heavy atom. The molecule has 0 aliphatic carbocycles. The van der Waals surface area contributed by atoms with Crippen LogP contribution < -0.4 is 5.32 Å². The van der Waals surface area contributed by atoms with Crippen LogP contribution in [0.5, 0.6) is 0 Å². The van der Waals surface area contributed by atoms with Crippen molar-refractivity contribution in [1.29, 1.82) is 0 Å². The van der Waals surface area contributed by atoms with Gasteiger partial charge in [-0.1, -0.05) is 35.9 Å². The first kappa shape index (κ1) is 15.2. The van der Waals surface area contributed by atoms with Crippen molar-refractivity contribution in [2.24, 2.45) is 0 Å². The van der Waals surface area contributed by atoms with Crippen LogP contribution in [0, 0.1) is 10.1 Å². The van der Waals surface area contributed by atoms with Gasteiger partial charge in [-0.25, -0.2) is 4.98 Å². The number of nitrogens with one attached hydrogen (secondary N) is 1. The number of nitrogens with zero attached hydrogens (tertiary/aromatic N) is 2. The Balaban J connectivity index is 2.14. The highest BCUT2D eigenvalue weighted by Crippen LogP contribution is 2.24. The summed E-state index contributed by atoms with van der Waals surface area (Å²) in [5, 5.41) is 14.1. The number of rotatable bonds is 6. The second-order valence-corrected chi connectivity index (χ2v) is 4.75. The summed E-state index contributed by atoms with van der Waals surface area (Å²) in [6.45, 7) is 0.926. The van der Waals surface area contributed by atoms with Crippen molar-refractivity contribution in [3.8, 4) is 0 Å². The van der Waals surface area contributed by atoms with Crippen LogP contribution in [0.4, 0.5) is 11.5 Å². The molecule has 6 nitrogen and oxygen atoms in total. The van der Waals surface area contributed by atoms with E-state index in [2.05, 4.69) is 10.3 Å². The third-order valence-corrected chi connectivity index (χ3v) is 3.01. The molecule has 0 radical (unpaired) electrons. The highest BCUT2D eigenvalue weighted by atomic mass is 35.5. The molecule has 0 aliphatic rings. The van der Waals surface area contributed by atoms with Gasteiger partial charge in [0, 0.05) is 19.7 Å². The molecule has 110 valence electrons. The predicted molar refractivity (Wildman–Crippen MR) is 80.4 cm³/mol. The number of hydrogen-bond acceptors (Lipinski definition) is 5. The van der Waals surface area contributed by atoms with Gasteiger partial charge in [-0.05, 0) is 17.2 Å². The fourth-order valence-corrected chi connectivity index (χ4v) is 2.03. The zero-order chi connectivity index (χ0) is 15.2. The Morgan fingerprint density at radius 3 is 2.81 bits per heavy atom. The number of pyridine rings is 1. The standard InChI is InChI=1S/C14H14ClN3O3/c1-21-9-11-4-2-3-10(7-11)8-16-14-12(18(19)20)5-6-13(15)17-14/h2-7H,8-9H2,1H3,(H,16,17). The van der Waals surface area contributed by atoms with Crippen molar-refractivity contribution in [3.63, 3.8) is 0 Å². The lowest BCUT2D eigenvalue weighted by atomic mass is 10.1. The van der Waals surface area contributed by atoms with E-state index in [1.165, 1.54) is 12.1 Å². The van der Waals surface area contributed by atoms with Gasteiger partial charge in [-0.2, -0.15) is 0 Å². The molecule has 7 heteroatoms. The number of methoxy groups -OCH3 is 1. The summed E-state index contributed by atoms with van der Waals surface area (Å²) in [4.78, 5) is 14.4. The molecule has 0 amide bonds. The van der Waals surface area contributed by atoms with Crippen LogP contribution in [0.3, 0.4) is 0 Å². The summed E-state index contributed by atoms with van der Waals surface area (Å²) >= 11 is 5.78. The number of nitro groups is 1. The van der Waals surface area contributed by atoms with E-state index in [0.717, 1.165) is 11.1 Å². The van der Waals surface area contributed by atoms with E-state index >= 15 is 0 Å². The number of ether oxygens (including phenoxy) is 1. The average Bonchev–Trinajstić information content (AvgIpc) is 2.45. The molecule has 0 atom stereocenters. The molecular weight excluding hydrogens is 294 g/mol. The van der Waals surface area contributed by atoms with E-state index in [0.29, 0.717) is 13.2 Å². The molecule has 2 aromatic rings. The third kappa shape index (κ3) is 4.14. The van der Waals surface area contributed by atoms with Crippen molar-refractivity contribution in [3.05, 3.63) is 62.8 Å². The van der Waals surface area contributed by atoms with E-state index in [4.69, 9.17) is 16.3 Å². The lowest BCUT2D eigenvalue weighted by molar-refractivity contribution is -0.384. The second-order valence-electron chi connectivity index (χ2n) is 4.37. The summed E-state index contributed by atoms with van der Waals surface area (Å²) in [7, 11) is 1.63. The van der Waals surface area contributed by atoms with Crippen molar-refractivity contribution in [2.45, 2.75) is 13.2 Å². The molecule has 0 saturated heterocycles. The fraction of sp³-hybridized carbons (Fsp3) is 0.214. The second kappa shape index (κ2) is 7.01. The SMILES string of the molecule is COCc1cccc(CNc2nc(Cl)ccc2[N+](=O)[O-])c1. The molecule has 0 fully saturated rings. The maximum absolute atomic E-state index is 10.9. The Hall–Kier alpha value is -2.18. The van der Waals surface area contributed by atoms with Gasteiger partial charge in [0.1, 0.15) is 5.15 Å². The fourth-order valence-electron chi connectivity index (χ4n) is 1.89. The summed E-state index contributed by atoms with van der Waals surface area (Å²) in [6, 6.07) is 10.5. The number of hydrogen-bond donors (Lipinski definition) is 1. The van der Waals surface area contributed by atoms with Gasteiger partial charge in [-0.3, -0.25) is 10.1 Å². The molecule has 1 N–H and O–H groups in total. The first-order valence-electron chi connectivity index (χ1n) is 6.21. The Bertz CT molecular complexity index is 649. The van der Waals surface area contributed by atoms with Crippen LogP contribution in [0.2, 0.25) is 5.15 Å². The molecule has 2 rings (SSSR count). The summed E-state index contributed by atoms with van der Waals surface area (Å²) < 4.78 is 5.07. The quantitative estimate of drug-likeness (QED) is 0.503. The highest BCUT2D eigenvalue weighted by Gasteiger charge is 2.15. The smallest absolute Gasteiger partial charge is 0.311 e. The van der Waals surface area contributed by atoms with Crippen LogP contribution in [-0.4, -0.2) is 17.0 Å². The van der Waals surface area contributed by atoms with Crippen LogP contribution in [0.1, 0.15) is 11.1 Å². The topological polar surface area (TPSA) is 77.3 Å². The van der Waals surface area contributed by atoms with Crippen molar-refractivity contribution >= 4 is 23.1 Å². The molecule has 0 bridgehead atoms. The van der Waals surface area contributed by atoms with Crippen LogP contribution in [-0.2, 0) is 17.9 Å². The first-order chi connectivity index (χ1) is 10.1. The predicted octanol–water partition coefficient (Wildman–Crippen LogP) is 3.40. The zero-order valence-corrected chi connectivity index (χ0v) is 12.1. The van der Waals surface area contributed by atoms with Gasteiger partial charge in [0.15, 0.2) is 0 Å². The van der Waals surface area contributed by atoms with E-state index < -0.39 is 4.92 Å². The monoisotopic (exact) mass is 307 g/mol. The van der Waals surface area contributed by atoms with Crippen molar-refractivity contribution < 1.29 is 9.66 Å². The zero-order valence-electron chi connectivity index (χ0n) is 11.4. The van der Waals surface area contributed by atoms with Gasteiger partial charge in [0.25, 0.3) is 0 Å². The van der Waals surface area contributed by atoms with Gasteiger partial charge in [-0.15, -0.1) is 0 Å². The Morgan fingerprint density at radius 1 is 1.33 bits per heavy atom. The lowest BCUT2D eigenvalue weighted by Crippen LogP contribution is -2.05. The van der Waals surface area contributed by atoms with E-state index in [1.54, 1.807) is 7.11 Å². The maximum atomic E-state index is 10.9. The number of aromatic nitrogens is 1. The van der Waals surface area contributed by atoms with Gasteiger partial charge in [0.05, 0.1) is 11.5 Å². The molecule has 0 aliphatic heterocycles. The minimum absolute atomic E-state index is 0.104. The summed E-state index contributed by atoms with van der Waals surface area (Å²) in [6.07, 6.45) is 0. The van der Waals surface area contributed by atoms with Crippen LogP contribution in [0.25, 0.3) is 0 Å². The Labute approximate surface area is 126 Å². The lowest BCUT2D eigenvalue weighted by Gasteiger charge is -2.08. The van der Waals surface area contributed by atoms with Crippen LogP contribution in [0.15, 0.2) is 36.4 Å². The van der Waals surface area contributed by atoms with Gasteiger partial charge >= 0.3 is 5.69 Å². The van der Waals surface area contributed by atoms with Crippen molar-refractivity contribution in [1.82, 2.24) is 4.98 Å². The molecule has 1 heterocycles. The van der Waals surface area contributed by atoms with E-state index in [1.807, 2.05) is 24.3 Å². The van der Waals surface area contributed by atoms with Crippen molar-refractivity contribution in [2.75, 3.05) is 12.4 Å². The van der Waals surface area contributed by atoms with Gasteiger partial charge < -0.3 is 10.1 Å². The van der Waals surface area contributed by atoms with Gasteiger partial charge in [0.2, 0.25) is 5.82 Å². The molecule has 1 aromatic carbocycles. The highest BCUT2D eigenvalue weighted by molar-refractivity contribution is 6.29. The molecule has 0 spiro atoms. The molecule has 0 unspecified atom stereocenters. The summed E-state index contributed by atoms with van der Waals surface area (Å²) in [5.41, 5.74) is 1.90. The molecule has 21 heavy (non-hydrogen) atoms. The molecule has 1 aromatic heterocycles. The largest absolute Gasteiger partial charge is 0.380 e. The maximum Gasteiger partial charge on any atom is 0.311 e. The van der Waals surface area contributed by atoms with Crippen LogP contribution >= 0.6 is 11.6 Å². The van der Waals surface area contributed by atoms with E-state index in [-0.39, 0.29) is 16.7 Å². The normalized spacial score (nSPS) is 10.4. The molecule has 0 saturated carbocycles. The molecular formula is C14H14ClN3O3. The minimum Gasteiger partial charge on any atom is -0.380 e. The van der Waals surface area contributed by atoms with E-state index in [9.17, 15) is 10.1 Å². The number of halogens is 1. The first-order valence-corrected chi connectivity index (χ1v) is 6.59. The summed E-state index contributed by atoms with van der Waals surface area (Å²) in [5.74, 6) is 0.157. The number of benzene rings is 1. The minimum atomic E-state index is -0.493.